The first-order valence-corrected chi connectivity index (χ1v) is 25.7. The molecule has 0 bridgehead atoms. The van der Waals surface area contributed by atoms with Crippen LogP contribution in [0.1, 0.15) is 285 Å². The van der Waals surface area contributed by atoms with Crippen molar-refractivity contribution in [3.63, 3.8) is 0 Å². The Bertz CT molecular complexity index is 885. The SMILES string of the molecule is CCCCCCCCCCCCCCCCCCC(=O)OC[C@@H](COC(=O)CCCCCCCCCCCC(C)C)OC(=O)CCCCCCCCCCCC(C)C. The molecule has 0 radical (unpaired) electrons. The van der Waals surface area contributed by atoms with Crippen molar-refractivity contribution >= 4 is 17.9 Å². The third-order valence-corrected chi connectivity index (χ3v) is 11.7. The van der Waals surface area contributed by atoms with Crippen molar-refractivity contribution in [2.45, 2.75) is 291 Å². The molecule has 6 nitrogen and oxygen atoms in total. The number of hydrogen-bond donors (Lipinski definition) is 0. The van der Waals surface area contributed by atoms with Crippen molar-refractivity contribution in [3.8, 4) is 0 Å². The van der Waals surface area contributed by atoms with Crippen LogP contribution in [-0.2, 0) is 28.6 Å². The summed E-state index contributed by atoms with van der Waals surface area (Å²) in [5.41, 5.74) is 0. The van der Waals surface area contributed by atoms with E-state index in [-0.39, 0.29) is 31.1 Å². The van der Waals surface area contributed by atoms with Crippen LogP contribution in [-0.4, -0.2) is 37.2 Å². The largest absolute Gasteiger partial charge is 0.462 e. The summed E-state index contributed by atoms with van der Waals surface area (Å²) in [6, 6.07) is 0. The van der Waals surface area contributed by atoms with E-state index < -0.39 is 6.10 Å². The number of rotatable bonds is 46. The van der Waals surface area contributed by atoms with Gasteiger partial charge in [0, 0.05) is 19.3 Å². The van der Waals surface area contributed by atoms with E-state index in [1.54, 1.807) is 0 Å². The molecule has 0 saturated heterocycles. The Morgan fingerprint density at radius 2 is 0.569 bits per heavy atom. The van der Waals surface area contributed by atoms with Crippen LogP contribution in [0.4, 0.5) is 0 Å². The van der Waals surface area contributed by atoms with E-state index in [2.05, 4.69) is 34.6 Å². The minimum atomic E-state index is -0.762. The maximum absolute atomic E-state index is 12.8. The predicted octanol–water partition coefficient (Wildman–Crippen LogP) is 16.5. The van der Waals surface area contributed by atoms with Crippen molar-refractivity contribution in [1.82, 2.24) is 0 Å². The molecular formula is C52H100O6. The normalized spacial score (nSPS) is 12.1. The van der Waals surface area contributed by atoms with Gasteiger partial charge >= 0.3 is 17.9 Å². The molecule has 0 N–H and O–H groups in total. The summed E-state index contributed by atoms with van der Waals surface area (Å²) in [5, 5.41) is 0. The van der Waals surface area contributed by atoms with Crippen LogP contribution in [0.15, 0.2) is 0 Å². The average Bonchev–Trinajstić information content (AvgIpc) is 3.19. The fraction of sp³-hybridized carbons (Fsp3) is 0.942. The Hall–Kier alpha value is -1.59. The highest BCUT2D eigenvalue weighted by Crippen LogP contribution is 2.17. The van der Waals surface area contributed by atoms with Gasteiger partial charge in [-0.3, -0.25) is 14.4 Å². The molecule has 0 aromatic heterocycles. The highest BCUT2D eigenvalue weighted by Gasteiger charge is 2.19. The standard InChI is InChI=1S/C52H100O6/c1-6-7-8-9-10-11-12-13-14-15-16-17-22-27-32-37-42-50(53)56-45-49(58-52(55)44-39-34-29-24-19-21-26-31-36-41-48(4)5)46-57-51(54)43-38-33-28-23-18-20-25-30-35-40-47(2)3/h47-49H,6-46H2,1-5H3/t49-/m0/s1. The molecule has 6 heteroatoms. The van der Waals surface area contributed by atoms with Crippen molar-refractivity contribution in [2.75, 3.05) is 13.2 Å². The molecular weight excluding hydrogens is 721 g/mol. The van der Waals surface area contributed by atoms with E-state index in [1.165, 1.54) is 173 Å². The van der Waals surface area contributed by atoms with Gasteiger partial charge in [0.25, 0.3) is 0 Å². The maximum atomic E-state index is 12.8. The van der Waals surface area contributed by atoms with E-state index in [1.807, 2.05) is 0 Å². The molecule has 0 spiro atoms. The highest BCUT2D eigenvalue weighted by molar-refractivity contribution is 5.71. The van der Waals surface area contributed by atoms with Crippen LogP contribution in [0.5, 0.6) is 0 Å². The van der Waals surface area contributed by atoms with Crippen LogP contribution >= 0.6 is 0 Å². The quantitative estimate of drug-likeness (QED) is 0.0346. The lowest BCUT2D eigenvalue weighted by molar-refractivity contribution is -0.167. The first kappa shape index (κ1) is 56.4. The molecule has 0 rings (SSSR count). The number of carbonyl (C=O) groups is 3. The molecule has 0 heterocycles. The fourth-order valence-electron chi connectivity index (χ4n) is 7.81. The molecule has 0 saturated carbocycles. The van der Waals surface area contributed by atoms with Crippen molar-refractivity contribution in [3.05, 3.63) is 0 Å². The van der Waals surface area contributed by atoms with Crippen molar-refractivity contribution < 1.29 is 28.6 Å². The van der Waals surface area contributed by atoms with Crippen LogP contribution in [0.2, 0.25) is 0 Å². The average molecular weight is 821 g/mol. The van der Waals surface area contributed by atoms with Crippen LogP contribution < -0.4 is 0 Å². The minimum absolute atomic E-state index is 0.0641. The van der Waals surface area contributed by atoms with Gasteiger partial charge in [-0.15, -0.1) is 0 Å². The fourth-order valence-corrected chi connectivity index (χ4v) is 7.81. The second kappa shape index (κ2) is 44.9. The summed E-state index contributed by atoms with van der Waals surface area (Å²) in [6.07, 6.45) is 45.2. The third kappa shape index (κ3) is 45.5. The van der Waals surface area contributed by atoms with Crippen molar-refractivity contribution in [1.29, 1.82) is 0 Å². The van der Waals surface area contributed by atoms with Gasteiger partial charge in [0.15, 0.2) is 6.10 Å². The molecule has 1 atom stereocenters. The lowest BCUT2D eigenvalue weighted by atomic mass is 10.0. The molecule has 0 aliphatic heterocycles. The maximum Gasteiger partial charge on any atom is 0.306 e. The number of carbonyl (C=O) groups excluding carboxylic acids is 3. The predicted molar refractivity (Wildman–Crippen MR) is 247 cm³/mol. The van der Waals surface area contributed by atoms with Crippen LogP contribution in [0.25, 0.3) is 0 Å². The van der Waals surface area contributed by atoms with Gasteiger partial charge in [-0.05, 0) is 31.1 Å². The summed E-state index contributed by atoms with van der Waals surface area (Å²) in [7, 11) is 0. The summed E-state index contributed by atoms with van der Waals surface area (Å²) in [5.74, 6) is 0.764. The molecule has 0 aromatic rings. The lowest BCUT2D eigenvalue weighted by Crippen LogP contribution is -2.30. The third-order valence-electron chi connectivity index (χ3n) is 11.7. The van der Waals surface area contributed by atoms with E-state index in [9.17, 15) is 14.4 Å². The van der Waals surface area contributed by atoms with Gasteiger partial charge in [-0.2, -0.15) is 0 Å². The Balaban J connectivity index is 4.30. The smallest absolute Gasteiger partial charge is 0.306 e. The number of hydrogen-bond acceptors (Lipinski definition) is 6. The van der Waals surface area contributed by atoms with Crippen molar-refractivity contribution in [2.24, 2.45) is 11.8 Å². The first-order chi connectivity index (χ1) is 28.2. The molecule has 344 valence electrons. The van der Waals surface area contributed by atoms with Gasteiger partial charge in [-0.25, -0.2) is 0 Å². The summed E-state index contributed by atoms with van der Waals surface area (Å²) >= 11 is 0. The number of unbranched alkanes of at least 4 members (excludes halogenated alkanes) is 31. The van der Waals surface area contributed by atoms with Crippen LogP contribution in [0.3, 0.4) is 0 Å². The number of ether oxygens (including phenoxy) is 3. The Morgan fingerprint density at radius 1 is 0.328 bits per heavy atom. The molecule has 0 fully saturated rings. The van der Waals surface area contributed by atoms with E-state index in [0.717, 1.165) is 69.6 Å². The van der Waals surface area contributed by atoms with Gasteiger partial charge < -0.3 is 14.2 Å². The highest BCUT2D eigenvalue weighted by atomic mass is 16.6. The minimum Gasteiger partial charge on any atom is -0.462 e. The monoisotopic (exact) mass is 821 g/mol. The van der Waals surface area contributed by atoms with Gasteiger partial charge in [0.1, 0.15) is 13.2 Å². The van der Waals surface area contributed by atoms with E-state index in [0.29, 0.717) is 19.3 Å². The van der Waals surface area contributed by atoms with Crippen LogP contribution in [0, 0.1) is 11.8 Å². The zero-order chi connectivity index (χ0) is 42.6. The molecule has 58 heavy (non-hydrogen) atoms. The zero-order valence-corrected chi connectivity index (χ0v) is 39.7. The van der Waals surface area contributed by atoms with E-state index >= 15 is 0 Å². The molecule has 0 aliphatic rings. The molecule has 0 aromatic carbocycles. The Labute approximate surface area is 361 Å². The van der Waals surface area contributed by atoms with Gasteiger partial charge in [-0.1, -0.05) is 247 Å². The molecule has 0 amide bonds. The zero-order valence-electron chi connectivity index (χ0n) is 39.7. The topological polar surface area (TPSA) is 78.9 Å². The second-order valence-electron chi connectivity index (χ2n) is 18.8. The number of esters is 3. The second-order valence-corrected chi connectivity index (χ2v) is 18.8. The van der Waals surface area contributed by atoms with Gasteiger partial charge in [0.2, 0.25) is 0 Å². The molecule has 0 unspecified atom stereocenters. The Kier molecular flexibility index (Phi) is 43.7. The van der Waals surface area contributed by atoms with E-state index in [4.69, 9.17) is 14.2 Å². The first-order valence-electron chi connectivity index (χ1n) is 25.7. The Morgan fingerprint density at radius 3 is 0.845 bits per heavy atom. The summed E-state index contributed by atoms with van der Waals surface area (Å²) in [6.45, 7) is 11.3. The van der Waals surface area contributed by atoms with Gasteiger partial charge in [0.05, 0.1) is 0 Å². The summed E-state index contributed by atoms with van der Waals surface area (Å²) in [4.78, 5) is 37.9. The lowest BCUT2D eigenvalue weighted by Gasteiger charge is -2.18. The summed E-state index contributed by atoms with van der Waals surface area (Å²) < 4.78 is 16.8. The molecule has 0 aliphatic carbocycles.